The lowest BCUT2D eigenvalue weighted by atomic mass is 9.51. The van der Waals surface area contributed by atoms with E-state index in [-0.39, 0.29) is 0 Å². The first-order chi connectivity index (χ1) is 10.2. The Morgan fingerprint density at radius 2 is 1.48 bits per heavy atom. The molecule has 0 amide bonds. The highest BCUT2D eigenvalue weighted by Crippen LogP contribution is 2.59. The van der Waals surface area contributed by atoms with E-state index in [2.05, 4.69) is 19.1 Å². The largest absolute Gasteiger partial charge is 0.508 e. The van der Waals surface area contributed by atoms with Crippen molar-refractivity contribution in [3.8, 4) is 5.75 Å². The molecule has 3 aliphatic rings. The van der Waals surface area contributed by atoms with E-state index in [9.17, 15) is 5.11 Å². The van der Waals surface area contributed by atoms with Crippen molar-refractivity contribution < 1.29 is 5.11 Å². The summed E-state index contributed by atoms with van der Waals surface area (Å²) in [7, 11) is 0. The van der Waals surface area contributed by atoms with Gasteiger partial charge in [-0.25, -0.2) is 0 Å². The van der Waals surface area contributed by atoms with Crippen LogP contribution in [0.2, 0.25) is 0 Å². The minimum Gasteiger partial charge on any atom is -0.508 e. The van der Waals surface area contributed by atoms with E-state index in [0.717, 1.165) is 0 Å². The molecule has 1 aromatic carbocycles. The third-order valence-corrected chi connectivity index (χ3v) is 6.44. The van der Waals surface area contributed by atoms with Crippen LogP contribution in [0.4, 0.5) is 0 Å². The van der Waals surface area contributed by atoms with Crippen molar-refractivity contribution in [3.05, 3.63) is 29.8 Å². The smallest absolute Gasteiger partial charge is 0.115 e. The van der Waals surface area contributed by atoms with Crippen LogP contribution in [0, 0.1) is 5.41 Å². The molecule has 2 bridgehead atoms. The number of phenolic OH excluding ortho intramolecular Hbond substituents is 1. The molecule has 3 fully saturated rings. The van der Waals surface area contributed by atoms with Crippen LogP contribution in [-0.4, -0.2) is 5.11 Å². The molecule has 3 aliphatic carbocycles. The predicted molar refractivity (Wildman–Crippen MR) is 88.7 cm³/mol. The zero-order valence-electron chi connectivity index (χ0n) is 13.5. The van der Waals surface area contributed by atoms with Gasteiger partial charge in [-0.15, -0.1) is 0 Å². The topological polar surface area (TPSA) is 20.2 Å². The highest BCUT2D eigenvalue weighted by atomic mass is 16.3. The molecule has 4 rings (SSSR count). The quantitative estimate of drug-likeness (QED) is 0.640. The first-order valence-electron chi connectivity index (χ1n) is 8.98. The summed E-state index contributed by atoms with van der Waals surface area (Å²) in [5.74, 6) is 0.395. The second-order valence-corrected chi connectivity index (χ2v) is 7.64. The Morgan fingerprint density at radius 3 is 2.05 bits per heavy atom. The Balaban J connectivity index is 1.62. The minimum absolute atomic E-state index is 0.395. The van der Waals surface area contributed by atoms with E-state index >= 15 is 0 Å². The summed E-state index contributed by atoms with van der Waals surface area (Å²) in [5, 5.41) is 9.50. The van der Waals surface area contributed by atoms with E-state index in [1.165, 1.54) is 76.2 Å². The molecule has 1 aromatic rings. The zero-order chi connectivity index (χ0) is 14.8. The molecule has 0 saturated heterocycles. The summed E-state index contributed by atoms with van der Waals surface area (Å²) in [5.41, 5.74) is 2.59. The van der Waals surface area contributed by atoms with Gasteiger partial charge in [-0.1, -0.05) is 44.7 Å². The summed E-state index contributed by atoms with van der Waals surface area (Å²) in [4.78, 5) is 0. The number of rotatable bonds is 6. The van der Waals surface area contributed by atoms with Crippen LogP contribution < -0.4 is 0 Å². The monoisotopic (exact) mass is 286 g/mol. The fourth-order valence-electron chi connectivity index (χ4n) is 4.81. The van der Waals surface area contributed by atoms with E-state index < -0.39 is 0 Å². The molecule has 0 aromatic heterocycles. The first-order valence-corrected chi connectivity index (χ1v) is 8.98. The number of benzene rings is 1. The Labute approximate surface area is 129 Å². The van der Waals surface area contributed by atoms with Gasteiger partial charge < -0.3 is 5.11 Å². The Bertz CT molecular complexity index is 435. The fraction of sp³-hybridized carbons (Fsp3) is 0.700. The number of aromatic hydroxyl groups is 1. The summed E-state index contributed by atoms with van der Waals surface area (Å²) in [6, 6.07) is 8.06. The molecular formula is C20H30O. The highest BCUT2D eigenvalue weighted by molar-refractivity contribution is 5.33. The molecule has 0 spiro atoms. The maximum atomic E-state index is 9.50. The summed E-state index contributed by atoms with van der Waals surface area (Å²) < 4.78 is 0. The molecule has 0 unspecified atom stereocenters. The normalized spacial score (nSPS) is 31.5. The number of fused-ring (bicyclic) bond motifs is 3. The van der Waals surface area contributed by atoms with E-state index in [4.69, 9.17) is 0 Å². The van der Waals surface area contributed by atoms with E-state index in [0.29, 0.717) is 16.6 Å². The molecule has 1 nitrogen and oxygen atoms in total. The standard InChI is InChI=1S/C20H30O/c1-2-3-4-5-10-19-11-14-20(15-12-19,16-13-19)17-6-8-18(21)9-7-17/h6-9,21H,2-5,10-16H2,1H3. The third kappa shape index (κ3) is 2.98. The van der Waals surface area contributed by atoms with Gasteiger partial charge in [-0.3, -0.25) is 0 Å². The lowest BCUT2D eigenvalue weighted by molar-refractivity contribution is 0.0304. The second kappa shape index (κ2) is 6.02. The van der Waals surface area contributed by atoms with Crippen LogP contribution in [0.25, 0.3) is 0 Å². The third-order valence-electron chi connectivity index (χ3n) is 6.44. The van der Waals surface area contributed by atoms with Crippen molar-refractivity contribution in [2.75, 3.05) is 0 Å². The van der Waals surface area contributed by atoms with Crippen LogP contribution in [0.3, 0.4) is 0 Å². The molecule has 0 aliphatic heterocycles. The highest BCUT2D eigenvalue weighted by Gasteiger charge is 2.48. The summed E-state index contributed by atoms with van der Waals surface area (Å²) in [6.07, 6.45) is 15.5. The lowest BCUT2D eigenvalue weighted by Crippen LogP contribution is -2.44. The summed E-state index contributed by atoms with van der Waals surface area (Å²) >= 11 is 0. The second-order valence-electron chi connectivity index (χ2n) is 7.64. The average Bonchev–Trinajstić information content (AvgIpc) is 2.54. The van der Waals surface area contributed by atoms with Crippen molar-refractivity contribution >= 4 is 0 Å². The molecule has 1 N–H and O–H groups in total. The van der Waals surface area contributed by atoms with E-state index in [1.807, 2.05) is 12.1 Å². The SMILES string of the molecule is CCCCCCC12CCC(c3ccc(O)cc3)(CC1)CC2. The van der Waals surface area contributed by atoms with Gasteiger partial charge in [0.1, 0.15) is 5.75 Å². The maximum Gasteiger partial charge on any atom is 0.115 e. The Kier molecular flexibility index (Phi) is 4.28. The van der Waals surface area contributed by atoms with Crippen LogP contribution in [0.1, 0.15) is 83.1 Å². The number of hydrogen-bond donors (Lipinski definition) is 1. The first kappa shape index (κ1) is 14.9. The van der Waals surface area contributed by atoms with Crippen LogP contribution in [0.5, 0.6) is 5.75 Å². The van der Waals surface area contributed by atoms with E-state index in [1.54, 1.807) is 0 Å². The maximum absolute atomic E-state index is 9.50. The van der Waals surface area contributed by atoms with Gasteiger partial charge in [0, 0.05) is 0 Å². The van der Waals surface area contributed by atoms with Gasteiger partial charge >= 0.3 is 0 Å². The molecule has 1 heteroatoms. The number of phenols is 1. The molecule has 116 valence electrons. The van der Waals surface area contributed by atoms with Crippen molar-refractivity contribution in [2.24, 2.45) is 5.41 Å². The molecular weight excluding hydrogens is 256 g/mol. The van der Waals surface area contributed by atoms with Crippen molar-refractivity contribution in [1.29, 1.82) is 0 Å². The van der Waals surface area contributed by atoms with Gasteiger partial charge in [-0.2, -0.15) is 0 Å². The van der Waals surface area contributed by atoms with Gasteiger partial charge in [0.15, 0.2) is 0 Å². The predicted octanol–water partition coefficient (Wildman–Crippen LogP) is 5.95. The number of unbranched alkanes of at least 4 members (excludes halogenated alkanes) is 3. The van der Waals surface area contributed by atoms with Crippen LogP contribution in [0.15, 0.2) is 24.3 Å². The van der Waals surface area contributed by atoms with Gasteiger partial charge in [0.2, 0.25) is 0 Å². The Hall–Kier alpha value is -0.980. The lowest BCUT2D eigenvalue weighted by Gasteiger charge is -2.54. The van der Waals surface area contributed by atoms with Crippen molar-refractivity contribution in [3.63, 3.8) is 0 Å². The van der Waals surface area contributed by atoms with Crippen LogP contribution in [-0.2, 0) is 5.41 Å². The Morgan fingerprint density at radius 1 is 0.857 bits per heavy atom. The average molecular weight is 286 g/mol. The summed E-state index contributed by atoms with van der Waals surface area (Å²) in [6.45, 7) is 2.30. The zero-order valence-corrected chi connectivity index (χ0v) is 13.5. The molecule has 3 saturated carbocycles. The molecule has 0 heterocycles. The van der Waals surface area contributed by atoms with Crippen molar-refractivity contribution in [1.82, 2.24) is 0 Å². The van der Waals surface area contributed by atoms with Gasteiger partial charge in [-0.05, 0) is 73.5 Å². The molecule has 21 heavy (non-hydrogen) atoms. The molecule has 0 radical (unpaired) electrons. The fourth-order valence-corrected chi connectivity index (χ4v) is 4.81. The van der Waals surface area contributed by atoms with Gasteiger partial charge in [0.25, 0.3) is 0 Å². The van der Waals surface area contributed by atoms with Crippen molar-refractivity contribution in [2.45, 2.75) is 83.0 Å². The number of hydrogen-bond acceptors (Lipinski definition) is 1. The molecule has 0 atom stereocenters. The minimum atomic E-state index is 0.395. The van der Waals surface area contributed by atoms with Crippen LogP contribution >= 0.6 is 0 Å². The van der Waals surface area contributed by atoms with Gasteiger partial charge in [0.05, 0.1) is 0 Å².